The van der Waals surface area contributed by atoms with E-state index in [1.165, 1.54) is 10.4 Å². The molecule has 0 spiro atoms. The molecule has 2 aromatic rings. The van der Waals surface area contributed by atoms with Crippen LogP contribution < -0.4 is 4.90 Å². The average Bonchev–Trinajstić information content (AvgIpc) is 2.96. The lowest BCUT2D eigenvalue weighted by atomic mass is 10.1. The Labute approximate surface area is 196 Å². The molecular weight excluding hydrogens is 441 g/mol. The van der Waals surface area contributed by atoms with Crippen molar-refractivity contribution in [1.29, 1.82) is 0 Å². The van der Waals surface area contributed by atoms with Gasteiger partial charge in [-0.15, -0.1) is 0 Å². The van der Waals surface area contributed by atoms with Crippen molar-refractivity contribution in [2.24, 2.45) is 0 Å². The van der Waals surface area contributed by atoms with Crippen LogP contribution in [-0.2, 0) is 14.8 Å². The van der Waals surface area contributed by atoms with Crippen molar-refractivity contribution < 1.29 is 17.6 Å². The van der Waals surface area contributed by atoms with E-state index in [0.29, 0.717) is 44.7 Å². The Balaban J connectivity index is 1.55. The number of nitrogens with zero attached hydrogens (tertiary/aromatic N) is 3. The molecule has 4 rings (SSSR count). The molecule has 0 aromatic heterocycles. The third-order valence-corrected chi connectivity index (χ3v) is 9.29. The number of sulfonamides is 1. The van der Waals surface area contributed by atoms with Crippen molar-refractivity contribution in [3.8, 4) is 0 Å². The zero-order chi connectivity index (χ0) is 23.6. The highest BCUT2D eigenvalue weighted by Crippen LogP contribution is 2.38. The minimum Gasteiger partial charge on any atom is -0.368 e. The second-order valence-corrected chi connectivity index (χ2v) is 11.0. The standard InChI is InChI=1S/C25H32FN3O3S/c1-19(29-13-7-6-10-25(33(29,31)32)21-8-4-3-5-9-21)23-12-11-22(18-24(23)26)28-16-14-27(15-17-28)20(2)30/h3-5,8-9,11-12,18-19,25H,6-7,10,13-17H2,1-2H3/t19-,25-/m1/s1. The Morgan fingerprint density at radius 2 is 1.70 bits per heavy atom. The van der Waals surface area contributed by atoms with Crippen LogP contribution in [0.5, 0.6) is 0 Å². The topological polar surface area (TPSA) is 60.9 Å². The molecule has 6 nitrogen and oxygen atoms in total. The summed E-state index contributed by atoms with van der Waals surface area (Å²) < 4.78 is 44.0. The number of hydrogen-bond donors (Lipinski definition) is 0. The highest BCUT2D eigenvalue weighted by Gasteiger charge is 2.38. The zero-order valence-electron chi connectivity index (χ0n) is 19.3. The second kappa shape index (κ2) is 9.81. The van der Waals surface area contributed by atoms with Gasteiger partial charge in [-0.1, -0.05) is 42.8 Å². The number of carbonyl (C=O) groups excluding carboxylic acids is 1. The summed E-state index contributed by atoms with van der Waals surface area (Å²) in [6.45, 7) is 6.24. The van der Waals surface area contributed by atoms with E-state index in [9.17, 15) is 13.2 Å². The molecule has 0 radical (unpaired) electrons. The van der Waals surface area contributed by atoms with Gasteiger partial charge < -0.3 is 9.80 Å². The van der Waals surface area contributed by atoms with Crippen LogP contribution in [0.4, 0.5) is 10.1 Å². The molecular formula is C25H32FN3O3S. The summed E-state index contributed by atoms with van der Waals surface area (Å²) in [5, 5.41) is -0.608. The first-order chi connectivity index (χ1) is 15.8. The third kappa shape index (κ3) is 4.92. The minimum absolute atomic E-state index is 0.0532. The average molecular weight is 474 g/mol. The predicted octanol–water partition coefficient (Wildman–Crippen LogP) is 4.11. The summed E-state index contributed by atoms with van der Waals surface area (Å²) in [6, 6.07) is 13.8. The number of carbonyl (C=O) groups is 1. The van der Waals surface area contributed by atoms with E-state index >= 15 is 4.39 Å². The smallest absolute Gasteiger partial charge is 0.221 e. The number of anilines is 1. The van der Waals surface area contributed by atoms with Crippen molar-refractivity contribution in [3.63, 3.8) is 0 Å². The minimum atomic E-state index is -3.64. The van der Waals surface area contributed by atoms with Gasteiger partial charge in [0, 0.05) is 56.9 Å². The number of piperazine rings is 1. The Morgan fingerprint density at radius 3 is 2.33 bits per heavy atom. The summed E-state index contributed by atoms with van der Waals surface area (Å²) in [6.07, 6.45) is 2.14. The predicted molar refractivity (Wildman–Crippen MR) is 128 cm³/mol. The fourth-order valence-corrected chi connectivity index (χ4v) is 7.17. The normalized spacial score (nSPS) is 22.6. The fourth-order valence-electron chi connectivity index (χ4n) is 4.94. The molecule has 0 unspecified atom stereocenters. The maximum absolute atomic E-state index is 15.3. The van der Waals surface area contributed by atoms with Gasteiger partial charge in [0.25, 0.3) is 0 Å². The van der Waals surface area contributed by atoms with E-state index in [0.717, 1.165) is 24.1 Å². The summed E-state index contributed by atoms with van der Waals surface area (Å²) >= 11 is 0. The summed E-state index contributed by atoms with van der Waals surface area (Å²) in [5.74, 6) is -0.345. The van der Waals surface area contributed by atoms with Crippen molar-refractivity contribution in [3.05, 3.63) is 65.5 Å². The van der Waals surface area contributed by atoms with Crippen molar-refractivity contribution in [2.75, 3.05) is 37.6 Å². The molecule has 0 bridgehead atoms. The first kappa shape index (κ1) is 23.7. The number of halogens is 1. The summed E-state index contributed by atoms with van der Waals surface area (Å²) in [5.41, 5.74) is 1.93. The molecule has 0 aliphatic carbocycles. The van der Waals surface area contributed by atoms with Crippen LogP contribution >= 0.6 is 0 Å². The third-order valence-electron chi connectivity index (χ3n) is 6.91. The van der Waals surface area contributed by atoms with Gasteiger partial charge in [-0.2, -0.15) is 4.31 Å². The molecule has 178 valence electrons. The van der Waals surface area contributed by atoms with Crippen LogP contribution in [-0.4, -0.2) is 56.3 Å². The van der Waals surface area contributed by atoms with Gasteiger partial charge in [-0.3, -0.25) is 4.79 Å². The molecule has 1 amide bonds. The second-order valence-electron chi connectivity index (χ2n) is 8.93. The van der Waals surface area contributed by atoms with E-state index < -0.39 is 27.1 Å². The van der Waals surface area contributed by atoms with Crippen molar-refractivity contribution in [1.82, 2.24) is 9.21 Å². The van der Waals surface area contributed by atoms with Crippen LogP contribution in [0.2, 0.25) is 0 Å². The molecule has 2 saturated heterocycles. The SMILES string of the molecule is CC(=O)N1CCN(c2ccc([C@@H](C)N3CCCC[C@H](c4ccccc4)S3(=O)=O)c(F)c2)CC1. The lowest BCUT2D eigenvalue weighted by Gasteiger charge is -2.36. The number of amides is 1. The van der Waals surface area contributed by atoms with Crippen LogP contribution in [0.15, 0.2) is 48.5 Å². The molecule has 2 aromatic carbocycles. The van der Waals surface area contributed by atoms with Gasteiger partial charge in [-0.05, 0) is 37.5 Å². The molecule has 2 atom stereocenters. The van der Waals surface area contributed by atoms with Crippen LogP contribution in [0.3, 0.4) is 0 Å². The largest absolute Gasteiger partial charge is 0.368 e. The molecule has 2 aliphatic heterocycles. The lowest BCUT2D eigenvalue weighted by Crippen LogP contribution is -2.48. The molecule has 0 N–H and O–H groups in total. The van der Waals surface area contributed by atoms with E-state index in [4.69, 9.17) is 0 Å². The monoisotopic (exact) mass is 473 g/mol. The van der Waals surface area contributed by atoms with E-state index in [1.807, 2.05) is 36.4 Å². The fraction of sp³-hybridized carbons (Fsp3) is 0.480. The van der Waals surface area contributed by atoms with E-state index in [2.05, 4.69) is 4.90 Å². The van der Waals surface area contributed by atoms with Crippen molar-refractivity contribution in [2.45, 2.75) is 44.4 Å². The molecule has 2 heterocycles. The Bertz CT molecular complexity index is 1090. The lowest BCUT2D eigenvalue weighted by molar-refractivity contribution is -0.129. The Morgan fingerprint density at radius 1 is 1.00 bits per heavy atom. The van der Waals surface area contributed by atoms with Gasteiger partial charge in [0.1, 0.15) is 11.1 Å². The van der Waals surface area contributed by atoms with Gasteiger partial charge in [0.05, 0.1) is 0 Å². The highest BCUT2D eigenvalue weighted by molar-refractivity contribution is 7.89. The molecule has 2 fully saturated rings. The van der Waals surface area contributed by atoms with Crippen LogP contribution in [0.25, 0.3) is 0 Å². The first-order valence-electron chi connectivity index (χ1n) is 11.6. The molecule has 0 saturated carbocycles. The van der Waals surface area contributed by atoms with E-state index in [1.54, 1.807) is 24.8 Å². The number of benzene rings is 2. The zero-order valence-corrected chi connectivity index (χ0v) is 20.1. The van der Waals surface area contributed by atoms with Crippen LogP contribution in [0, 0.1) is 5.82 Å². The van der Waals surface area contributed by atoms with Gasteiger partial charge in [-0.25, -0.2) is 12.8 Å². The number of hydrogen-bond acceptors (Lipinski definition) is 4. The maximum atomic E-state index is 15.3. The molecule has 8 heteroatoms. The van der Waals surface area contributed by atoms with Crippen LogP contribution in [0.1, 0.15) is 55.5 Å². The summed E-state index contributed by atoms with van der Waals surface area (Å²) in [7, 11) is -3.64. The summed E-state index contributed by atoms with van der Waals surface area (Å²) in [4.78, 5) is 15.4. The first-order valence-corrected chi connectivity index (χ1v) is 13.1. The molecule has 33 heavy (non-hydrogen) atoms. The highest BCUT2D eigenvalue weighted by atomic mass is 32.2. The molecule has 2 aliphatic rings. The van der Waals surface area contributed by atoms with Crippen molar-refractivity contribution >= 4 is 21.6 Å². The maximum Gasteiger partial charge on any atom is 0.221 e. The Hall–Kier alpha value is -2.45. The quantitative estimate of drug-likeness (QED) is 0.671. The Kier molecular flexibility index (Phi) is 7.05. The van der Waals surface area contributed by atoms with Gasteiger partial charge in [0.15, 0.2) is 0 Å². The van der Waals surface area contributed by atoms with E-state index in [-0.39, 0.29) is 5.91 Å². The number of rotatable bonds is 4. The van der Waals surface area contributed by atoms with Gasteiger partial charge >= 0.3 is 0 Å². The van der Waals surface area contributed by atoms with Gasteiger partial charge in [0.2, 0.25) is 15.9 Å².